The largest absolute Gasteiger partial charge is 0.463 e. The molecule has 0 saturated carbocycles. The van der Waals surface area contributed by atoms with Crippen molar-refractivity contribution in [1.29, 1.82) is 0 Å². The topological polar surface area (TPSA) is 90.0 Å². The number of hydroxylamine groups is 2. The molecule has 1 heterocycles. The average Bonchev–Trinajstić information content (AvgIpc) is 2.59. The van der Waals surface area contributed by atoms with E-state index in [1.807, 2.05) is 0 Å². The van der Waals surface area contributed by atoms with Crippen LogP contribution < -0.4 is 0 Å². The molecule has 0 N–H and O–H groups in total. The van der Waals surface area contributed by atoms with Crippen molar-refractivity contribution >= 4 is 23.8 Å². The van der Waals surface area contributed by atoms with E-state index in [-0.39, 0.29) is 38.2 Å². The highest BCUT2D eigenvalue weighted by Gasteiger charge is 2.32. The van der Waals surface area contributed by atoms with Gasteiger partial charge in [-0.05, 0) is 20.3 Å². The molecule has 0 bridgehead atoms. The molecule has 0 unspecified atom stereocenters. The van der Waals surface area contributed by atoms with E-state index >= 15 is 0 Å². The molecule has 0 spiro atoms. The zero-order valence-electron chi connectivity index (χ0n) is 11.0. The lowest BCUT2D eigenvalue weighted by molar-refractivity contribution is -0.197. The highest BCUT2D eigenvalue weighted by Crippen LogP contribution is 2.13. The first-order valence-electron chi connectivity index (χ1n) is 6.16. The molecular weight excluding hydrogens is 254 g/mol. The van der Waals surface area contributed by atoms with E-state index < -0.39 is 23.8 Å². The van der Waals surface area contributed by atoms with Crippen molar-refractivity contribution in [3.63, 3.8) is 0 Å². The van der Waals surface area contributed by atoms with Crippen LogP contribution in [0.5, 0.6) is 0 Å². The third kappa shape index (κ3) is 5.07. The monoisotopic (exact) mass is 271 g/mol. The number of esters is 1. The fraction of sp³-hybridized carbons (Fsp3) is 0.667. The summed E-state index contributed by atoms with van der Waals surface area (Å²) in [5, 5.41) is 0.495. The van der Waals surface area contributed by atoms with Gasteiger partial charge in [0.25, 0.3) is 11.8 Å². The minimum absolute atomic E-state index is 0.0513. The Bertz CT molecular complexity index is 374. The molecule has 106 valence electrons. The molecule has 1 rings (SSSR count). The van der Waals surface area contributed by atoms with Crippen LogP contribution in [0.3, 0.4) is 0 Å². The highest BCUT2D eigenvalue weighted by atomic mass is 16.7. The van der Waals surface area contributed by atoms with Crippen molar-refractivity contribution in [2.75, 3.05) is 0 Å². The standard InChI is InChI=1S/C12H17NO6/c1-8(2)18-11(16)4-3-5-12(17)19-13-9(14)6-7-10(13)15/h8H,3-7H2,1-2H3. The minimum atomic E-state index is -0.707. The van der Waals surface area contributed by atoms with Crippen LogP contribution in [-0.4, -0.2) is 34.9 Å². The summed E-state index contributed by atoms with van der Waals surface area (Å²) >= 11 is 0. The van der Waals surface area contributed by atoms with Crippen molar-refractivity contribution in [1.82, 2.24) is 5.06 Å². The first-order valence-corrected chi connectivity index (χ1v) is 6.16. The van der Waals surface area contributed by atoms with E-state index in [9.17, 15) is 19.2 Å². The van der Waals surface area contributed by atoms with Gasteiger partial charge in [0.15, 0.2) is 0 Å². The van der Waals surface area contributed by atoms with E-state index in [1.54, 1.807) is 13.8 Å². The second-order valence-corrected chi connectivity index (χ2v) is 4.44. The lowest BCUT2D eigenvalue weighted by Crippen LogP contribution is -2.32. The third-order valence-electron chi connectivity index (χ3n) is 2.33. The van der Waals surface area contributed by atoms with Crippen LogP contribution in [0, 0.1) is 0 Å². The number of ether oxygens (including phenoxy) is 1. The number of imide groups is 1. The van der Waals surface area contributed by atoms with Crippen LogP contribution >= 0.6 is 0 Å². The maximum absolute atomic E-state index is 11.4. The van der Waals surface area contributed by atoms with Gasteiger partial charge in [-0.15, -0.1) is 5.06 Å². The van der Waals surface area contributed by atoms with E-state index in [4.69, 9.17) is 4.74 Å². The van der Waals surface area contributed by atoms with Crippen LogP contribution in [0.15, 0.2) is 0 Å². The summed E-state index contributed by atoms with van der Waals surface area (Å²) in [7, 11) is 0. The number of amides is 2. The lowest BCUT2D eigenvalue weighted by Gasteiger charge is -2.12. The van der Waals surface area contributed by atoms with Gasteiger partial charge in [-0.1, -0.05) is 0 Å². The maximum Gasteiger partial charge on any atom is 0.333 e. The van der Waals surface area contributed by atoms with Gasteiger partial charge in [0.2, 0.25) is 0 Å². The number of rotatable bonds is 6. The number of carbonyl (C=O) groups excluding carboxylic acids is 4. The molecule has 0 radical (unpaired) electrons. The summed E-state index contributed by atoms with van der Waals surface area (Å²) in [5.74, 6) is -2.13. The second-order valence-electron chi connectivity index (χ2n) is 4.44. The molecule has 1 aliphatic rings. The molecule has 0 aromatic carbocycles. The number of nitrogens with zero attached hydrogens (tertiary/aromatic N) is 1. The van der Waals surface area contributed by atoms with Crippen molar-refractivity contribution in [2.24, 2.45) is 0 Å². The first kappa shape index (κ1) is 15.1. The minimum Gasteiger partial charge on any atom is -0.463 e. The molecule has 2 amide bonds. The Kier molecular flexibility index (Phi) is 5.47. The molecule has 1 saturated heterocycles. The van der Waals surface area contributed by atoms with Gasteiger partial charge in [-0.3, -0.25) is 14.4 Å². The molecule has 0 aromatic heterocycles. The van der Waals surface area contributed by atoms with Crippen molar-refractivity contribution < 1.29 is 28.8 Å². The van der Waals surface area contributed by atoms with Gasteiger partial charge in [0.1, 0.15) is 0 Å². The number of hydrogen-bond acceptors (Lipinski definition) is 6. The summed E-state index contributed by atoms with van der Waals surface area (Å²) in [6.07, 6.45) is 0.221. The molecule has 7 heteroatoms. The van der Waals surface area contributed by atoms with Crippen molar-refractivity contribution in [3.05, 3.63) is 0 Å². The molecule has 1 aliphatic heterocycles. The van der Waals surface area contributed by atoms with Gasteiger partial charge in [-0.25, -0.2) is 4.79 Å². The van der Waals surface area contributed by atoms with E-state index in [2.05, 4.69) is 4.84 Å². The van der Waals surface area contributed by atoms with Crippen molar-refractivity contribution in [2.45, 2.75) is 52.1 Å². The van der Waals surface area contributed by atoms with Crippen LogP contribution in [0.4, 0.5) is 0 Å². The summed E-state index contributed by atoms with van der Waals surface area (Å²) in [5.41, 5.74) is 0. The van der Waals surface area contributed by atoms with Crippen LogP contribution in [0.2, 0.25) is 0 Å². The summed E-state index contributed by atoms with van der Waals surface area (Å²) < 4.78 is 4.89. The Morgan fingerprint density at radius 1 is 1.11 bits per heavy atom. The molecule has 19 heavy (non-hydrogen) atoms. The van der Waals surface area contributed by atoms with Gasteiger partial charge in [0.05, 0.1) is 6.10 Å². The van der Waals surface area contributed by atoms with Crippen LogP contribution in [0.1, 0.15) is 46.0 Å². The van der Waals surface area contributed by atoms with Gasteiger partial charge in [-0.2, -0.15) is 0 Å². The normalized spacial score (nSPS) is 15.0. The van der Waals surface area contributed by atoms with Gasteiger partial charge >= 0.3 is 11.9 Å². The quantitative estimate of drug-likeness (QED) is 0.522. The predicted molar refractivity (Wildman–Crippen MR) is 62.3 cm³/mol. The molecule has 0 atom stereocenters. The van der Waals surface area contributed by atoms with Gasteiger partial charge < -0.3 is 9.57 Å². The Balaban J connectivity index is 2.23. The average molecular weight is 271 g/mol. The zero-order valence-corrected chi connectivity index (χ0v) is 11.0. The number of hydrogen-bond donors (Lipinski definition) is 0. The Morgan fingerprint density at radius 3 is 2.16 bits per heavy atom. The summed E-state index contributed by atoms with van der Waals surface area (Å²) in [4.78, 5) is 49.6. The predicted octanol–water partition coefficient (Wildman–Crippen LogP) is 0.715. The highest BCUT2D eigenvalue weighted by molar-refractivity contribution is 6.01. The zero-order chi connectivity index (χ0) is 14.4. The van der Waals surface area contributed by atoms with Crippen LogP contribution in [0.25, 0.3) is 0 Å². The van der Waals surface area contributed by atoms with Gasteiger partial charge in [0, 0.05) is 25.7 Å². The van der Waals surface area contributed by atoms with Crippen LogP contribution in [-0.2, 0) is 28.8 Å². The molecule has 0 aliphatic carbocycles. The van der Waals surface area contributed by atoms with E-state index in [1.165, 1.54) is 0 Å². The second kappa shape index (κ2) is 6.86. The molecule has 1 fully saturated rings. The Morgan fingerprint density at radius 2 is 1.63 bits per heavy atom. The maximum atomic E-state index is 11.4. The summed E-state index contributed by atoms with van der Waals surface area (Å²) in [6, 6.07) is 0. The molecule has 7 nitrogen and oxygen atoms in total. The van der Waals surface area contributed by atoms with E-state index in [0.717, 1.165) is 0 Å². The Labute approximate surface area is 110 Å². The first-order chi connectivity index (χ1) is 8.90. The fourth-order valence-electron chi connectivity index (χ4n) is 1.50. The lowest BCUT2D eigenvalue weighted by atomic mass is 10.2. The smallest absolute Gasteiger partial charge is 0.333 e. The summed E-state index contributed by atoms with van der Waals surface area (Å²) in [6.45, 7) is 3.47. The fourth-order valence-corrected chi connectivity index (χ4v) is 1.50. The molecular formula is C12H17NO6. The van der Waals surface area contributed by atoms with Crippen molar-refractivity contribution in [3.8, 4) is 0 Å². The number of carbonyl (C=O) groups is 4. The van der Waals surface area contributed by atoms with E-state index in [0.29, 0.717) is 5.06 Å². The third-order valence-corrected chi connectivity index (χ3v) is 2.33. The Hall–Kier alpha value is -1.92. The molecule has 0 aromatic rings. The SMILES string of the molecule is CC(C)OC(=O)CCCC(=O)ON1C(=O)CCC1=O.